The molecule has 2 rings (SSSR count). The number of amides is 1. The van der Waals surface area contributed by atoms with Crippen molar-refractivity contribution in [3.8, 4) is 0 Å². The number of nitrogens with two attached hydrogens (primary N) is 1. The average molecular weight is 295 g/mol. The van der Waals surface area contributed by atoms with Gasteiger partial charge in [-0.3, -0.25) is 14.3 Å². The van der Waals surface area contributed by atoms with Crippen molar-refractivity contribution in [1.82, 2.24) is 19.9 Å². The number of esters is 1. The number of hydrogen-bond donors (Lipinski definition) is 1. The Bertz CT molecular complexity index is 502. The SMILES string of the molecule is CCOC(=O)C1CCCN(C(=O)c2cn(CCN)nn2)C1. The average Bonchev–Trinajstić information content (AvgIpc) is 2.96. The van der Waals surface area contributed by atoms with Gasteiger partial charge in [0.15, 0.2) is 5.69 Å². The lowest BCUT2D eigenvalue weighted by molar-refractivity contribution is -0.149. The summed E-state index contributed by atoms with van der Waals surface area (Å²) >= 11 is 0. The summed E-state index contributed by atoms with van der Waals surface area (Å²) < 4.78 is 6.57. The van der Waals surface area contributed by atoms with Crippen molar-refractivity contribution in [2.45, 2.75) is 26.3 Å². The molecule has 2 heterocycles. The molecule has 1 unspecified atom stereocenters. The van der Waals surface area contributed by atoms with Crippen LogP contribution in [0.4, 0.5) is 0 Å². The second-order valence-electron chi connectivity index (χ2n) is 5.00. The molecule has 0 spiro atoms. The molecular weight excluding hydrogens is 274 g/mol. The van der Waals surface area contributed by atoms with E-state index in [1.165, 1.54) is 0 Å². The zero-order chi connectivity index (χ0) is 15.2. The van der Waals surface area contributed by atoms with E-state index in [1.807, 2.05) is 0 Å². The van der Waals surface area contributed by atoms with Crippen LogP contribution in [0.3, 0.4) is 0 Å². The van der Waals surface area contributed by atoms with E-state index in [0.717, 1.165) is 12.8 Å². The number of carbonyl (C=O) groups excluding carboxylic acids is 2. The van der Waals surface area contributed by atoms with Crippen LogP contribution in [0.25, 0.3) is 0 Å². The fraction of sp³-hybridized carbons (Fsp3) is 0.692. The second kappa shape index (κ2) is 7.16. The maximum absolute atomic E-state index is 12.4. The topological polar surface area (TPSA) is 103 Å². The lowest BCUT2D eigenvalue weighted by atomic mass is 9.98. The lowest BCUT2D eigenvalue weighted by Crippen LogP contribution is -2.43. The predicted molar refractivity (Wildman–Crippen MR) is 74.3 cm³/mol. The molecule has 116 valence electrons. The van der Waals surface area contributed by atoms with Crippen LogP contribution in [0.1, 0.15) is 30.3 Å². The molecule has 1 fully saturated rings. The highest BCUT2D eigenvalue weighted by Crippen LogP contribution is 2.19. The van der Waals surface area contributed by atoms with E-state index >= 15 is 0 Å². The first-order valence-electron chi connectivity index (χ1n) is 7.21. The van der Waals surface area contributed by atoms with Crippen molar-refractivity contribution in [3.63, 3.8) is 0 Å². The molecule has 0 saturated carbocycles. The quantitative estimate of drug-likeness (QED) is 0.745. The molecule has 1 atom stereocenters. The minimum atomic E-state index is -0.248. The van der Waals surface area contributed by atoms with Gasteiger partial charge in [-0.15, -0.1) is 5.10 Å². The number of piperidine rings is 1. The van der Waals surface area contributed by atoms with Gasteiger partial charge in [-0.1, -0.05) is 5.21 Å². The first-order chi connectivity index (χ1) is 10.2. The Morgan fingerprint density at radius 3 is 3.05 bits per heavy atom. The van der Waals surface area contributed by atoms with Crippen LogP contribution in [-0.2, 0) is 16.1 Å². The van der Waals surface area contributed by atoms with Gasteiger partial charge in [0, 0.05) is 19.6 Å². The number of nitrogens with zero attached hydrogens (tertiary/aromatic N) is 4. The van der Waals surface area contributed by atoms with Gasteiger partial charge in [0.05, 0.1) is 25.3 Å². The summed E-state index contributed by atoms with van der Waals surface area (Å²) in [6, 6.07) is 0. The number of carbonyl (C=O) groups is 2. The lowest BCUT2D eigenvalue weighted by Gasteiger charge is -2.30. The molecule has 1 saturated heterocycles. The van der Waals surface area contributed by atoms with Crippen LogP contribution in [0.2, 0.25) is 0 Å². The fourth-order valence-electron chi connectivity index (χ4n) is 2.41. The Morgan fingerprint density at radius 2 is 2.33 bits per heavy atom. The normalized spacial score (nSPS) is 18.6. The second-order valence-corrected chi connectivity index (χ2v) is 5.00. The highest BCUT2D eigenvalue weighted by molar-refractivity contribution is 5.92. The minimum absolute atomic E-state index is 0.202. The predicted octanol–water partition coefficient (Wildman–Crippen LogP) is -0.348. The molecule has 1 aliphatic heterocycles. The molecule has 8 nitrogen and oxygen atoms in total. The zero-order valence-corrected chi connectivity index (χ0v) is 12.2. The molecule has 0 aliphatic carbocycles. The van der Waals surface area contributed by atoms with Gasteiger partial charge in [-0.05, 0) is 19.8 Å². The number of hydrogen-bond acceptors (Lipinski definition) is 6. The van der Waals surface area contributed by atoms with Crippen LogP contribution >= 0.6 is 0 Å². The monoisotopic (exact) mass is 295 g/mol. The highest BCUT2D eigenvalue weighted by atomic mass is 16.5. The summed E-state index contributed by atoms with van der Waals surface area (Å²) in [5.41, 5.74) is 5.72. The number of likely N-dealkylation sites (tertiary alicyclic amines) is 1. The van der Waals surface area contributed by atoms with Crippen molar-refractivity contribution >= 4 is 11.9 Å². The summed E-state index contributed by atoms with van der Waals surface area (Å²) in [6.07, 6.45) is 3.12. The third-order valence-corrected chi connectivity index (χ3v) is 3.44. The van der Waals surface area contributed by atoms with Gasteiger partial charge in [0.25, 0.3) is 5.91 Å². The smallest absolute Gasteiger partial charge is 0.310 e. The number of ether oxygens (including phenoxy) is 1. The van der Waals surface area contributed by atoms with E-state index < -0.39 is 0 Å². The van der Waals surface area contributed by atoms with Gasteiger partial charge in [-0.25, -0.2) is 0 Å². The Morgan fingerprint density at radius 1 is 1.52 bits per heavy atom. The first-order valence-corrected chi connectivity index (χ1v) is 7.21. The molecule has 21 heavy (non-hydrogen) atoms. The molecule has 0 aromatic carbocycles. The molecule has 0 radical (unpaired) electrons. The van der Waals surface area contributed by atoms with Crippen molar-refractivity contribution in [3.05, 3.63) is 11.9 Å². The molecule has 1 amide bonds. The van der Waals surface area contributed by atoms with Crippen LogP contribution < -0.4 is 5.73 Å². The molecule has 1 aromatic rings. The largest absolute Gasteiger partial charge is 0.466 e. The Labute approximate surface area is 123 Å². The van der Waals surface area contributed by atoms with Crippen LogP contribution in [0.5, 0.6) is 0 Å². The Balaban J connectivity index is 1.99. The van der Waals surface area contributed by atoms with Crippen molar-refractivity contribution in [1.29, 1.82) is 0 Å². The molecule has 8 heteroatoms. The maximum Gasteiger partial charge on any atom is 0.310 e. The summed E-state index contributed by atoms with van der Waals surface area (Å²) in [6.45, 7) is 4.09. The summed E-state index contributed by atoms with van der Waals surface area (Å²) in [4.78, 5) is 25.8. The van der Waals surface area contributed by atoms with Crippen LogP contribution in [0, 0.1) is 5.92 Å². The number of aromatic nitrogens is 3. The van der Waals surface area contributed by atoms with E-state index in [-0.39, 0.29) is 23.5 Å². The van der Waals surface area contributed by atoms with E-state index in [0.29, 0.717) is 32.8 Å². The van der Waals surface area contributed by atoms with Gasteiger partial charge in [-0.2, -0.15) is 0 Å². The van der Waals surface area contributed by atoms with Crippen LogP contribution in [-0.4, -0.2) is 58.0 Å². The Hall–Kier alpha value is -1.96. The third-order valence-electron chi connectivity index (χ3n) is 3.44. The summed E-state index contributed by atoms with van der Waals surface area (Å²) in [5.74, 6) is -0.684. The molecule has 2 N–H and O–H groups in total. The van der Waals surface area contributed by atoms with E-state index in [9.17, 15) is 9.59 Å². The Kier molecular flexibility index (Phi) is 5.26. The van der Waals surface area contributed by atoms with Gasteiger partial charge in [0.2, 0.25) is 0 Å². The first kappa shape index (κ1) is 15.4. The van der Waals surface area contributed by atoms with Crippen molar-refractivity contribution in [2.24, 2.45) is 11.7 Å². The van der Waals surface area contributed by atoms with Gasteiger partial charge in [0.1, 0.15) is 0 Å². The fourth-order valence-corrected chi connectivity index (χ4v) is 2.41. The summed E-state index contributed by atoms with van der Waals surface area (Å²) in [5, 5.41) is 7.72. The molecule has 1 aliphatic rings. The zero-order valence-electron chi connectivity index (χ0n) is 12.2. The van der Waals surface area contributed by atoms with Crippen molar-refractivity contribution < 1.29 is 14.3 Å². The highest BCUT2D eigenvalue weighted by Gasteiger charge is 2.30. The molecule has 0 bridgehead atoms. The van der Waals surface area contributed by atoms with Crippen molar-refractivity contribution in [2.75, 3.05) is 26.2 Å². The third kappa shape index (κ3) is 3.78. The molecule has 1 aromatic heterocycles. The summed E-state index contributed by atoms with van der Waals surface area (Å²) in [7, 11) is 0. The number of rotatable bonds is 5. The van der Waals surface area contributed by atoms with E-state index in [1.54, 1.807) is 22.7 Å². The molecular formula is C13H21N5O3. The van der Waals surface area contributed by atoms with Gasteiger partial charge >= 0.3 is 5.97 Å². The maximum atomic E-state index is 12.4. The van der Waals surface area contributed by atoms with E-state index in [2.05, 4.69) is 10.3 Å². The van der Waals surface area contributed by atoms with Crippen LogP contribution in [0.15, 0.2) is 6.20 Å². The van der Waals surface area contributed by atoms with E-state index in [4.69, 9.17) is 10.5 Å². The van der Waals surface area contributed by atoms with Gasteiger partial charge < -0.3 is 15.4 Å². The minimum Gasteiger partial charge on any atom is -0.466 e. The standard InChI is InChI=1S/C13H21N5O3/c1-2-21-13(20)10-4-3-6-17(8-10)12(19)11-9-18(7-5-14)16-15-11/h9-10H,2-8,14H2,1H3.